The highest BCUT2D eigenvalue weighted by Crippen LogP contribution is 1.94. The SMILES string of the molecule is [CH2]OC(C)OCCCC. The highest BCUT2D eigenvalue weighted by atomic mass is 16.7. The molecule has 2 nitrogen and oxygen atoms in total. The molecule has 1 radical (unpaired) electrons. The molecule has 0 aromatic rings. The van der Waals surface area contributed by atoms with Crippen molar-refractivity contribution in [3.05, 3.63) is 7.11 Å². The molecule has 0 aliphatic heterocycles. The van der Waals surface area contributed by atoms with Crippen LogP contribution in [0.4, 0.5) is 0 Å². The third-order valence-electron chi connectivity index (χ3n) is 1.09. The standard InChI is InChI=1S/C7H15O2/c1-4-5-6-9-7(2)8-3/h7H,3-6H2,1-2H3. The van der Waals surface area contributed by atoms with E-state index in [1.807, 2.05) is 6.92 Å². The number of hydrogen-bond acceptors (Lipinski definition) is 2. The molecule has 0 amide bonds. The van der Waals surface area contributed by atoms with Crippen molar-refractivity contribution >= 4 is 0 Å². The summed E-state index contributed by atoms with van der Waals surface area (Å²) < 4.78 is 9.77. The smallest absolute Gasteiger partial charge is 0.154 e. The van der Waals surface area contributed by atoms with E-state index in [0.717, 1.165) is 19.4 Å². The molecule has 0 N–H and O–H groups in total. The molecule has 0 aliphatic rings. The zero-order chi connectivity index (χ0) is 7.11. The number of ether oxygens (including phenoxy) is 2. The van der Waals surface area contributed by atoms with Crippen molar-refractivity contribution in [2.45, 2.75) is 33.0 Å². The lowest BCUT2D eigenvalue weighted by molar-refractivity contribution is -0.0961. The van der Waals surface area contributed by atoms with Crippen molar-refractivity contribution in [1.29, 1.82) is 0 Å². The Hall–Kier alpha value is -0.0800. The Morgan fingerprint density at radius 3 is 2.67 bits per heavy atom. The van der Waals surface area contributed by atoms with Crippen LogP contribution in [0.2, 0.25) is 0 Å². The summed E-state index contributed by atoms with van der Waals surface area (Å²) in [6.07, 6.45) is 2.09. The molecule has 0 bridgehead atoms. The van der Waals surface area contributed by atoms with Gasteiger partial charge in [0.2, 0.25) is 0 Å². The fraction of sp³-hybridized carbons (Fsp3) is 0.857. The Kier molecular flexibility index (Phi) is 5.99. The molecule has 0 saturated carbocycles. The molecule has 0 rings (SSSR count). The van der Waals surface area contributed by atoms with Gasteiger partial charge in [-0.2, -0.15) is 0 Å². The van der Waals surface area contributed by atoms with Gasteiger partial charge >= 0.3 is 0 Å². The largest absolute Gasteiger partial charge is 0.353 e. The zero-order valence-corrected chi connectivity index (χ0v) is 6.22. The van der Waals surface area contributed by atoms with Gasteiger partial charge in [-0.25, -0.2) is 0 Å². The molecule has 0 aliphatic carbocycles. The molecule has 9 heavy (non-hydrogen) atoms. The zero-order valence-electron chi connectivity index (χ0n) is 6.22. The Balaban J connectivity index is 2.88. The van der Waals surface area contributed by atoms with E-state index in [-0.39, 0.29) is 6.29 Å². The molecule has 2 heteroatoms. The minimum atomic E-state index is -0.156. The van der Waals surface area contributed by atoms with Gasteiger partial charge in [0.1, 0.15) is 0 Å². The Bertz CT molecular complexity index is 54.9. The average molecular weight is 131 g/mol. The molecule has 1 unspecified atom stereocenters. The van der Waals surface area contributed by atoms with E-state index in [1.54, 1.807) is 0 Å². The van der Waals surface area contributed by atoms with Gasteiger partial charge in [0.15, 0.2) is 6.29 Å². The summed E-state index contributed by atoms with van der Waals surface area (Å²) >= 11 is 0. The van der Waals surface area contributed by atoms with Crippen LogP contribution in [0.5, 0.6) is 0 Å². The lowest BCUT2D eigenvalue weighted by Gasteiger charge is -2.08. The van der Waals surface area contributed by atoms with E-state index in [2.05, 4.69) is 18.8 Å². The van der Waals surface area contributed by atoms with Gasteiger partial charge in [-0.3, -0.25) is 0 Å². The second kappa shape index (κ2) is 6.05. The first-order valence-electron chi connectivity index (χ1n) is 3.33. The first-order valence-corrected chi connectivity index (χ1v) is 3.33. The minimum absolute atomic E-state index is 0.156. The third kappa shape index (κ3) is 5.80. The first kappa shape index (κ1) is 8.92. The van der Waals surface area contributed by atoms with Crippen molar-refractivity contribution in [3.63, 3.8) is 0 Å². The Labute approximate surface area is 57.2 Å². The van der Waals surface area contributed by atoms with Crippen molar-refractivity contribution < 1.29 is 9.47 Å². The van der Waals surface area contributed by atoms with Gasteiger partial charge in [0.25, 0.3) is 0 Å². The summed E-state index contributed by atoms with van der Waals surface area (Å²) in [6, 6.07) is 0. The van der Waals surface area contributed by atoms with E-state index in [0.29, 0.717) is 0 Å². The fourth-order valence-corrected chi connectivity index (χ4v) is 0.442. The maximum absolute atomic E-state index is 5.15. The van der Waals surface area contributed by atoms with E-state index >= 15 is 0 Å². The lowest BCUT2D eigenvalue weighted by Crippen LogP contribution is -2.09. The molecule has 0 saturated heterocycles. The third-order valence-corrected chi connectivity index (χ3v) is 1.09. The lowest BCUT2D eigenvalue weighted by atomic mass is 10.4. The van der Waals surface area contributed by atoms with E-state index in [9.17, 15) is 0 Å². The number of rotatable bonds is 5. The average Bonchev–Trinajstić information content (AvgIpc) is 1.89. The maximum atomic E-state index is 5.15. The van der Waals surface area contributed by atoms with Crippen LogP contribution >= 0.6 is 0 Å². The van der Waals surface area contributed by atoms with Gasteiger partial charge in [-0.05, 0) is 13.3 Å². The summed E-state index contributed by atoms with van der Waals surface area (Å²) in [6.45, 7) is 4.73. The van der Waals surface area contributed by atoms with Gasteiger partial charge in [0, 0.05) is 6.61 Å². The van der Waals surface area contributed by atoms with Crippen LogP contribution in [0.3, 0.4) is 0 Å². The van der Waals surface area contributed by atoms with Crippen molar-refractivity contribution in [2.24, 2.45) is 0 Å². The first-order chi connectivity index (χ1) is 4.31. The molecule has 0 heterocycles. The van der Waals surface area contributed by atoms with Crippen LogP contribution in [0.1, 0.15) is 26.7 Å². The van der Waals surface area contributed by atoms with Crippen LogP contribution < -0.4 is 0 Å². The predicted molar refractivity (Wildman–Crippen MR) is 36.8 cm³/mol. The molecule has 1 atom stereocenters. The Morgan fingerprint density at radius 2 is 2.22 bits per heavy atom. The van der Waals surface area contributed by atoms with Crippen LogP contribution in [0, 0.1) is 7.11 Å². The minimum Gasteiger partial charge on any atom is -0.353 e. The summed E-state index contributed by atoms with van der Waals surface area (Å²) in [4.78, 5) is 0. The van der Waals surface area contributed by atoms with Crippen molar-refractivity contribution in [3.8, 4) is 0 Å². The monoisotopic (exact) mass is 131 g/mol. The van der Waals surface area contributed by atoms with Crippen molar-refractivity contribution in [1.82, 2.24) is 0 Å². The van der Waals surface area contributed by atoms with Crippen molar-refractivity contribution in [2.75, 3.05) is 6.61 Å². The molecule has 0 spiro atoms. The van der Waals surface area contributed by atoms with Crippen LogP contribution in [0.15, 0.2) is 0 Å². The van der Waals surface area contributed by atoms with Crippen LogP contribution in [-0.2, 0) is 9.47 Å². The van der Waals surface area contributed by atoms with E-state index < -0.39 is 0 Å². The van der Waals surface area contributed by atoms with Gasteiger partial charge in [-0.1, -0.05) is 13.3 Å². The predicted octanol–water partition coefficient (Wildman–Crippen LogP) is 1.96. The highest BCUT2D eigenvalue weighted by Gasteiger charge is 1.95. The second-order valence-electron chi connectivity index (χ2n) is 1.96. The molecular weight excluding hydrogens is 116 g/mol. The van der Waals surface area contributed by atoms with E-state index in [4.69, 9.17) is 4.74 Å². The van der Waals surface area contributed by atoms with E-state index in [1.165, 1.54) is 0 Å². The highest BCUT2D eigenvalue weighted by molar-refractivity contribution is 4.33. The van der Waals surface area contributed by atoms with Gasteiger partial charge in [-0.15, -0.1) is 0 Å². The molecule has 55 valence electrons. The topological polar surface area (TPSA) is 18.5 Å². The Morgan fingerprint density at radius 1 is 1.56 bits per heavy atom. The molecular formula is C7H15O2. The normalized spacial score (nSPS) is 13.7. The van der Waals surface area contributed by atoms with Crippen LogP contribution in [-0.4, -0.2) is 12.9 Å². The van der Waals surface area contributed by atoms with Crippen LogP contribution in [0.25, 0.3) is 0 Å². The summed E-state index contributed by atoms with van der Waals surface area (Å²) in [5.41, 5.74) is 0. The molecule has 0 aromatic heterocycles. The number of unbranched alkanes of at least 4 members (excludes halogenated alkanes) is 1. The van der Waals surface area contributed by atoms with Gasteiger partial charge < -0.3 is 9.47 Å². The fourth-order valence-electron chi connectivity index (χ4n) is 0.442. The molecule has 0 aromatic carbocycles. The summed E-state index contributed by atoms with van der Waals surface area (Å²) in [7, 11) is 3.24. The summed E-state index contributed by atoms with van der Waals surface area (Å²) in [5.74, 6) is 0. The quantitative estimate of drug-likeness (QED) is 0.419. The summed E-state index contributed by atoms with van der Waals surface area (Å²) in [5, 5.41) is 0. The second-order valence-corrected chi connectivity index (χ2v) is 1.96. The number of hydrogen-bond donors (Lipinski definition) is 0. The maximum Gasteiger partial charge on any atom is 0.154 e. The molecule has 0 fully saturated rings. The van der Waals surface area contributed by atoms with Gasteiger partial charge in [0.05, 0.1) is 7.11 Å².